The van der Waals surface area contributed by atoms with Crippen molar-refractivity contribution in [3.05, 3.63) is 70.0 Å². The van der Waals surface area contributed by atoms with Crippen molar-refractivity contribution in [1.29, 1.82) is 0 Å². The number of H-pyrrole nitrogens is 2. The van der Waals surface area contributed by atoms with Gasteiger partial charge in [-0.2, -0.15) is 0 Å². The highest BCUT2D eigenvalue weighted by atomic mass is 16.1. The number of rotatable bonds is 1. The zero-order valence-corrected chi connectivity index (χ0v) is 12.5. The quantitative estimate of drug-likeness (QED) is 0.539. The number of pyridine rings is 1. The van der Waals surface area contributed by atoms with E-state index in [-0.39, 0.29) is 5.56 Å². The molecular weight excluding hydrogens is 272 g/mol. The molecule has 0 aliphatic carbocycles. The van der Waals surface area contributed by atoms with Gasteiger partial charge in [0.25, 0.3) is 5.56 Å². The minimum atomic E-state index is -0.0336. The van der Waals surface area contributed by atoms with Crippen molar-refractivity contribution in [2.75, 3.05) is 0 Å². The fraction of sp³-hybridized carbons (Fsp3) is 0.105. The Morgan fingerprint density at radius 1 is 0.864 bits per heavy atom. The van der Waals surface area contributed by atoms with Crippen LogP contribution in [0.5, 0.6) is 0 Å². The summed E-state index contributed by atoms with van der Waals surface area (Å²) in [4.78, 5) is 18.9. The molecule has 0 spiro atoms. The lowest BCUT2D eigenvalue weighted by molar-refractivity contribution is 1.24. The monoisotopic (exact) mass is 288 g/mol. The molecule has 3 nitrogen and oxygen atoms in total. The fourth-order valence-corrected chi connectivity index (χ4v) is 3.10. The summed E-state index contributed by atoms with van der Waals surface area (Å²) < 4.78 is 0. The van der Waals surface area contributed by atoms with Gasteiger partial charge in [0.05, 0.1) is 11.0 Å². The topological polar surface area (TPSA) is 48.6 Å². The van der Waals surface area contributed by atoms with Crippen LogP contribution in [0, 0.1) is 13.8 Å². The van der Waals surface area contributed by atoms with Crippen LogP contribution in [-0.4, -0.2) is 9.97 Å². The van der Waals surface area contributed by atoms with Crippen LogP contribution in [0.25, 0.3) is 33.1 Å². The Morgan fingerprint density at radius 2 is 1.64 bits per heavy atom. The standard InChI is InChI=1S/C19H16N2O/c1-11-8-9-15-14(10-11)17-18(20-15)16(12(2)19(22)21-17)13-6-4-3-5-7-13/h3-10,20H,1-2H3,(H,21,22). The second kappa shape index (κ2) is 4.60. The third-order valence-electron chi connectivity index (χ3n) is 4.22. The van der Waals surface area contributed by atoms with Crippen LogP contribution in [0.3, 0.4) is 0 Å². The highest BCUT2D eigenvalue weighted by molar-refractivity contribution is 6.10. The van der Waals surface area contributed by atoms with Crippen molar-refractivity contribution in [3.63, 3.8) is 0 Å². The lowest BCUT2D eigenvalue weighted by Gasteiger charge is -2.07. The second-order valence-corrected chi connectivity index (χ2v) is 5.74. The average molecular weight is 288 g/mol. The van der Waals surface area contributed by atoms with Gasteiger partial charge >= 0.3 is 0 Å². The molecular formula is C19H16N2O. The van der Waals surface area contributed by atoms with Gasteiger partial charge in [0, 0.05) is 22.0 Å². The highest BCUT2D eigenvalue weighted by Crippen LogP contribution is 2.32. The molecule has 0 bridgehead atoms. The molecule has 2 aromatic heterocycles. The number of hydrogen-bond donors (Lipinski definition) is 2. The van der Waals surface area contributed by atoms with Crippen LogP contribution in [0.1, 0.15) is 11.1 Å². The van der Waals surface area contributed by atoms with Crippen molar-refractivity contribution >= 4 is 21.9 Å². The van der Waals surface area contributed by atoms with Gasteiger partial charge in [0.2, 0.25) is 0 Å². The van der Waals surface area contributed by atoms with Crippen molar-refractivity contribution in [1.82, 2.24) is 9.97 Å². The molecule has 3 heteroatoms. The number of nitrogens with one attached hydrogen (secondary N) is 2. The predicted octanol–water partition coefficient (Wildman–Crippen LogP) is 4.29. The smallest absolute Gasteiger partial charge is 0.252 e. The Morgan fingerprint density at radius 3 is 2.41 bits per heavy atom. The Bertz CT molecular complexity index is 1060. The van der Waals surface area contributed by atoms with Crippen molar-refractivity contribution in [3.8, 4) is 11.1 Å². The van der Waals surface area contributed by atoms with Crippen LogP contribution < -0.4 is 5.56 Å². The van der Waals surface area contributed by atoms with E-state index in [2.05, 4.69) is 35.1 Å². The summed E-state index contributed by atoms with van der Waals surface area (Å²) in [7, 11) is 0. The maximum Gasteiger partial charge on any atom is 0.252 e. The lowest BCUT2D eigenvalue weighted by Crippen LogP contribution is -2.10. The van der Waals surface area contributed by atoms with Crippen molar-refractivity contribution in [2.45, 2.75) is 13.8 Å². The van der Waals surface area contributed by atoms with Gasteiger partial charge in [-0.05, 0) is 31.5 Å². The molecule has 0 atom stereocenters. The molecule has 0 amide bonds. The summed E-state index contributed by atoms with van der Waals surface area (Å²) in [5.74, 6) is 0. The molecule has 2 N–H and O–H groups in total. The van der Waals surface area contributed by atoms with Crippen LogP contribution >= 0.6 is 0 Å². The number of hydrogen-bond acceptors (Lipinski definition) is 1. The molecule has 2 aromatic carbocycles. The minimum absolute atomic E-state index is 0.0336. The summed E-state index contributed by atoms with van der Waals surface area (Å²) in [6.07, 6.45) is 0. The Hall–Kier alpha value is -2.81. The Labute approximate surface area is 127 Å². The fourth-order valence-electron chi connectivity index (χ4n) is 3.10. The van der Waals surface area contributed by atoms with Gasteiger partial charge in [0.1, 0.15) is 0 Å². The van der Waals surface area contributed by atoms with Crippen molar-refractivity contribution in [2.24, 2.45) is 0 Å². The SMILES string of the molecule is Cc1ccc2[nH]c3c(-c4ccccc4)c(C)c(=O)[nH]c3c2c1. The summed E-state index contributed by atoms with van der Waals surface area (Å²) >= 11 is 0. The summed E-state index contributed by atoms with van der Waals surface area (Å²) in [6, 6.07) is 16.3. The van der Waals surface area contributed by atoms with E-state index in [1.807, 2.05) is 37.3 Å². The van der Waals surface area contributed by atoms with Gasteiger partial charge in [-0.3, -0.25) is 4.79 Å². The molecule has 0 fully saturated rings. The maximum absolute atomic E-state index is 12.4. The first-order valence-electron chi connectivity index (χ1n) is 7.35. The normalized spacial score (nSPS) is 11.4. The zero-order chi connectivity index (χ0) is 15.3. The largest absolute Gasteiger partial charge is 0.353 e. The van der Waals surface area contributed by atoms with E-state index in [9.17, 15) is 4.79 Å². The third kappa shape index (κ3) is 1.79. The van der Waals surface area contributed by atoms with Crippen LogP contribution in [0.15, 0.2) is 53.3 Å². The molecule has 0 aliphatic rings. The summed E-state index contributed by atoms with van der Waals surface area (Å²) in [6.45, 7) is 3.93. The number of aryl methyl sites for hydroxylation is 1. The van der Waals surface area contributed by atoms with E-state index in [1.165, 1.54) is 5.56 Å². The van der Waals surface area contributed by atoms with E-state index in [4.69, 9.17) is 0 Å². The molecule has 108 valence electrons. The van der Waals surface area contributed by atoms with E-state index >= 15 is 0 Å². The first kappa shape index (κ1) is 12.9. The highest BCUT2D eigenvalue weighted by Gasteiger charge is 2.15. The Balaban J connectivity index is 2.22. The van der Waals surface area contributed by atoms with Gasteiger partial charge in [-0.15, -0.1) is 0 Å². The van der Waals surface area contributed by atoms with Crippen LogP contribution in [0.2, 0.25) is 0 Å². The average Bonchev–Trinajstić information content (AvgIpc) is 2.87. The zero-order valence-electron chi connectivity index (χ0n) is 12.5. The first-order chi connectivity index (χ1) is 10.6. The van der Waals surface area contributed by atoms with Gasteiger partial charge in [0.15, 0.2) is 0 Å². The second-order valence-electron chi connectivity index (χ2n) is 5.74. The van der Waals surface area contributed by atoms with Gasteiger partial charge in [-0.25, -0.2) is 0 Å². The van der Waals surface area contributed by atoms with E-state index in [0.29, 0.717) is 0 Å². The molecule has 22 heavy (non-hydrogen) atoms. The first-order valence-corrected chi connectivity index (χ1v) is 7.35. The summed E-state index contributed by atoms with van der Waals surface area (Å²) in [5.41, 5.74) is 6.83. The minimum Gasteiger partial charge on any atom is -0.353 e. The van der Waals surface area contributed by atoms with Crippen LogP contribution in [-0.2, 0) is 0 Å². The molecule has 2 heterocycles. The molecule has 0 saturated heterocycles. The van der Waals surface area contributed by atoms with E-state index < -0.39 is 0 Å². The lowest BCUT2D eigenvalue weighted by atomic mass is 10.0. The van der Waals surface area contributed by atoms with Crippen molar-refractivity contribution < 1.29 is 0 Å². The van der Waals surface area contributed by atoms with Gasteiger partial charge in [-0.1, -0.05) is 42.0 Å². The van der Waals surface area contributed by atoms with E-state index in [0.717, 1.165) is 38.6 Å². The summed E-state index contributed by atoms with van der Waals surface area (Å²) in [5, 5.41) is 1.06. The maximum atomic E-state index is 12.4. The molecule has 4 rings (SSSR count). The van der Waals surface area contributed by atoms with Gasteiger partial charge < -0.3 is 9.97 Å². The molecule has 0 saturated carbocycles. The number of aromatic amines is 2. The molecule has 0 radical (unpaired) electrons. The molecule has 0 aliphatic heterocycles. The third-order valence-corrected chi connectivity index (χ3v) is 4.22. The molecule has 4 aromatic rings. The number of fused-ring (bicyclic) bond motifs is 3. The predicted molar refractivity (Wildman–Crippen MR) is 91.3 cm³/mol. The number of aromatic nitrogens is 2. The van der Waals surface area contributed by atoms with E-state index in [1.54, 1.807) is 0 Å². The Kier molecular flexibility index (Phi) is 2.70. The molecule has 0 unspecified atom stereocenters. The number of benzene rings is 2. The van der Waals surface area contributed by atoms with Crippen LogP contribution in [0.4, 0.5) is 0 Å².